The summed E-state index contributed by atoms with van der Waals surface area (Å²) in [5.74, 6) is 0. The molecule has 100 valence electrons. The van der Waals surface area contributed by atoms with Crippen LogP contribution in [-0.4, -0.2) is 39.4 Å². The largest absolute Gasteiger partial charge is 0.380 e. The number of hydrogen-bond donors (Lipinski definition) is 1. The average molecular weight is 248 g/mol. The standard InChI is InChI=1S/C15H24N2O/c1-11-5-6-15(12(2)7-11)17(3)10-13-8-14(18-4)9-16-13/h5-7,13-14,16H,8-10H2,1-4H3. The summed E-state index contributed by atoms with van der Waals surface area (Å²) < 4.78 is 5.39. The third-order valence-corrected chi connectivity index (χ3v) is 3.77. The molecule has 1 aromatic rings. The number of anilines is 1. The predicted octanol–water partition coefficient (Wildman–Crippen LogP) is 2.12. The summed E-state index contributed by atoms with van der Waals surface area (Å²) in [4.78, 5) is 2.34. The molecule has 1 fully saturated rings. The van der Waals surface area contributed by atoms with E-state index in [-0.39, 0.29) is 0 Å². The lowest BCUT2D eigenvalue weighted by Crippen LogP contribution is -2.35. The Bertz CT molecular complexity index is 405. The highest BCUT2D eigenvalue weighted by atomic mass is 16.5. The normalized spacial score (nSPS) is 23.3. The first kappa shape index (κ1) is 13.4. The highest BCUT2D eigenvalue weighted by molar-refractivity contribution is 5.53. The van der Waals surface area contributed by atoms with Gasteiger partial charge in [-0.05, 0) is 31.9 Å². The maximum atomic E-state index is 5.39. The molecule has 18 heavy (non-hydrogen) atoms. The lowest BCUT2D eigenvalue weighted by atomic mass is 10.1. The van der Waals surface area contributed by atoms with Crippen molar-refractivity contribution in [2.45, 2.75) is 32.4 Å². The number of nitrogens with one attached hydrogen (secondary N) is 1. The Morgan fingerprint density at radius 2 is 2.17 bits per heavy atom. The van der Waals surface area contributed by atoms with Gasteiger partial charge in [-0.15, -0.1) is 0 Å². The Labute approximate surface area is 110 Å². The third kappa shape index (κ3) is 3.03. The van der Waals surface area contributed by atoms with Gasteiger partial charge < -0.3 is 15.0 Å². The molecule has 3 nitrogen and oxygen atoms in total. The van der Waals surface area contributed by atoms with E-state index in [9.17, 15) is 0 Å². The van der Waals surface area contributed by atoms with Crippen LogP contribution in [0, 0.1) is 13.8 Å². The Hall–Kier alpha value is -1.06. The van der Waals surface area contributed by atoms with Crippen LogP contribution in [0.2, 0.25) is 0 Å². The van der Waals surface area contributed by atoms with Crippen LogP contribution >= 0.6 is 0 Å². The van der Waals surface area contributed by atoms with Crippen LogP contribution in [0.5, 0.6) is 0 Å². The number of likely N-dealkylation sites (N-methyl/N-ethyl adjacent to an activating group) is 1. The molecule has 1 N–H and O–H groups in total. The number of rotatable bonds is 4. The van der Waals surface area contributed by atoms with Crippen LogP contribution in [0.25, 0.3) is 0 Å². The molecule has 0 amide bonds. The maximum absolute atomic E-state index is 5.39. The van der Waals surface area contributed by atoms with Crippen molar-refractivity contribution in [1.29, 1.82) is 0 Å². The molecule has 0 spiro atoms. The fraction of sp³-hybridized carbons (Fsp3) is 0.600. The summed E-state index contributed by atoms with van der Waals surface area (Å²) in [5.41, 5.74) is 3.99. The summed E-state index contributed by atoms with van der Waals surface area (Å²) in [7, 11) is 3.96. The van der Waals surface area contributed by atoms with Gasteiger partial charge in [0.1, 0.15) is 0 Å². The van der Waals surface area contributed by atoms with Crippen LogP contribution in [0.3, 0.4) is 0 Å². The number of ether oxygens (including phenoxy) is 1. The molecule has 2 unspecified atom stereocenters. The van der Waals surface area contributed by atoms with Crippen molar-refractivity contribution in [1.82, 2.24) is 5.32 Å². The average Bonchev–Trinajstić information content (AvgIpc) is 2.76. The molecular weight excluding hydrogens is 224 g/mol. The van der Waals surface area contributed by atoms with Gasteiger partial charge in [0.2, 0.25) is 0 Å². The molecule has 0 saturated carbocycles. The van der Waals surface area contributed by atoms with Crippen molar-refractivity contribution in [3.63, 3.8) is 0 Å². The van der Waals surface area contributed by atoms with Gasteiger partial charge in [-0.2, -0.15) is 0 Å². The minimum atomic E-state index is 0.377. The number of nitrogens with zero attached hydrogens (tertiary/aromatic N) is 1. The molecule has 0 aromatic heterocycles. The summed E-state index contributed by atoms with van der Waals surface area (Å²) in [6, 6.07) is 7.17. The smallest absolute Gasteiger partial charge is 0.0711 e. The first-order valence-electron chi connectivity index (χ1n) is 6.64. The van der Waals surface area contributed by atoms with E-state index in [1.165, 1.54) is 16.8 Å². The quantitative estimate of drug-likeness (QED) is 0.883. The number of benzene rings is 1. The fourth-order valence-electron chi connectivity index (χ4n) is 2.76. The molecule has 2 atom stereocenters. The highest BCUT2D eigenvalue weighted by Gasteiger charge is 2.24. The van der Waals surface area contributed by atoms with E-state index in [2.05, 4.69) is 49.3 Å². The topological polar surface area (TPSA) is 24.5 Å². The summed E-state index contributed by atoms with van der Waals surface area (Å²) >= 11 is 0. The van der Waals surface area contributed by atoms with E-state index in [1.54, 1.807) is 7.11 Å². The Morgan fingerprint density at radius 1 is 1.39 bits per heavy atom. The summed E-state index contributed by atoms with van der Waals surface area (Å²) in [6.45, 7) is 6.32. The second kappa shape index (κ2) is 5.72. The highest BCUT2D eigenvalue weighted by Crippen LogP contribution is 2.21. The van der Waals surface area contributed by atoms with E-state index in [4.69, 9.17) is 4.74 Å². The SMILES string of the molecule is COC1CNC(CN(C)c2ccc(C)cc2C)C1. The van der Waals surface area contributed by atoms with Crippen LogP contribution < -0.4 is 10.2 Å². The van der Waals surface area contributed by atoms with Crippen LogP contribution in [-0.2, 0) is 4.74 Å². The van der Waals surface area contributed by atoms with Crippen LogP contribution in [0.4, 0.5) is 5.69 Å². The first-order chi connectivity index (χ1) is 8.60. The zero-order chi connectivity index (χ0) is 13.1. The minimum Gasteiger partial charge on any atom is -0.380 e. The van der Waals surface area contributed by atoms with E-state index in [0.29, 0.717) is 12.1 Å². The second-order valence-electron chi connectivity index (χ2n) is 5.37. The van der Waals surface area contributed by atoms with Crippen molar-refractivity contribution < 1.29 is 4.74 Å². The molecule has 1 saturated heterocycles. The summed E-state index contributed by atoms with van der Waals surface area (Å²) in [5, 5.41) is 3.52. The molecule has 3 heteroatoms. The zero-order valence-electron chi connectivity index (χ0n) is 11.9. The van der Waals surface area contributed by atoms with Crippen molar-refractivity contribution in [3.05, 3.63) is 29.3 Å². The van der Waals surface area contributed by atoms with Crippen LogP contribution in [0.15, 0.2) is 18.2 Å². The van der Waals surface area contributed by atoms with Gasteiger partial charge in [-0.3, -0.25) is 0 Å². The van der Waals surface area contributed by atoms with Gasteiger partial charge in [0, 0.05) is 39.0 Å². The molecule has 0 aliphatic carbocycles. The molecule has 1 aliphatic heterocycles. The van der Waals surface area contributed by atoms with Crippen molar-refractivity contribution in [2.75, 3.05) is 32.1 Å². The minimum absolute atomic E-state index is 0.377. The third-order valence-electron chi connectivity index (χ3n) is 3.77. The van der Waals surface area contributed by atoms with E-state index in [0.717, 1.165) is 19.5 Å². The Kier molecular flexibility index (Phi) is 4.25. The molecule has 1 aromatic carbocycles. The number of aryl methyl sites for hydroxylation is 2. The van der Waals surface area contributed by atoms with E-state index in [1.807, 2.05) is 0 Å². The van der Waals surface area contributed by atoms with Crippen molar-refractivity contribution in [3.8, 4) is 0 Å². The lowest BCUT2D eigenvalue weighted by Gasteiger charge is -2.25. The van der Waals surface area contributed by atoms with E-state index >= 15 is 0 Å². The van der Waals surface area contributed by atoms with Crippen molar-refractivity contribution >= 4 is 5.69 Å². The molecule has 0 radical (unpaired) electrons. The second-order valence-corrected chi connectivity index (χ2v) is 5.37. The predicted molar refractivity (Wildman–Crippen MR) is 76.4 cm³/mol. The lowest BCUT2D eigenvalue weighted by molar-refractivity contribution is 0.117. The van der Waals surface area contributed by atoms with Gasteiger partial charge in [-0.25, -0.2) is 0 Å². The van der Waals surface area contributed by atoms with Gasteiger partial charge >= 0.3 is 0 Å². The van der Waals surface area contributed by atoms with E-state index < -0.39 is 0 Å². The molecule has 1 aliphatic rings. The van der Waals surface area contributed by atoms with Gasteiger partial charge in [-0.1, -0.05) is 17.7 Å². The summed E-state index contributed by atoms with van der Waals surface area (Å²) in [6.07, 6.45) is 1.48. The Balaban J connectivity index is 1.97. The number of methoxy groups -OCH3 is 1. The Morgan fingerprint density at radius 3 is 2.78 bits per heavy atom. The zero-order valence-corrected chi connectivity index (χ0v) is 11.9. The molecule has 2 rings (SSSR count). The maximum Gasteiger partial charge on any atom is 0.0711 e. The number of hydrogen-bond acceptors (Lipinski definition) is 3. The van der Waals surface area contributed by atoms with Crippen LogP contribution in [0.1, 0.15) is 17.5 Å². The van der Waals surface area contributed by atoms with Gasteiger partial charge in [0.05, 0.1) is 6.10 Å². The molecule has 1 heterocycles. The first-order valence-corrected chi connectivity index (χ1v) is 6.64. The monoisotopic (exact) mass is 248 g/mol. The van der Waals surface area contributed by atoms with Gasteiger partial charge in [0.25, 0.3) is 0 Å². The molecular formula is C15H24N2O. The van der Waals surface area contributed by atoms with Gasteiger partial charge in [0.15, 0.2) is 0 Å². The van der Waals surface area contributed by atoms with Crippen molar-refractivity contribution in [2.24, 2.45) is 0 Å². The fourth-order valence-corrected chi connectivity index (χ4v) is 2.76. The molecule has 0 bridgehead atoms.